The summed E-state index contributed by atoms with van der Waals surface area (Å²) in [5, 5.41) is 16.1. The summed E-state index contributed by atoms with van der Waals surface area (Å²) in [6.07, 6.45) is 9.69. The van der Waals surface area contributed by atoms with Crippen molar-refractivity contribution >= 4 is 11.7 Å². The number of rotatable bonds is 5. The molecule has 0 bridgehead atoms. The van der Waals surface area contributed by atoms with E-state index in [2.05, 4.69) is 16.8 Å². The Balaban J connectivity index is 2.42. The molecule has 0 aliphatic carbocycles. The van der Waals surface area contributed by atoms with Gasteiger partial charge in [-0.1, -0.05) is 24.8 Å². The summed E-state index contributed by atoms with van der Waals surface area (Å²) < 4.78 is 0. The van der Waals surface area contributed by atoms with E-state index < -0.39 is 5.97 Å². The van der Waals surface area contributed by atoms with Gasteiger partial charge in [0.1, 0.15) is 0 Å². The lowest BCUT2D eigenvalue weighted by molar-refractivity contribution is -0.135. The zero-order valence-corrected chi connectivity index (χ0v) is 8.08. The van der Waals surface area contributed by atoms with Crippen LogP contribution in [-0.4, -0.2) is 26.1 Å². The van der Waals surface area contributed by atoms with Crippen LogP contribution in [0.3, 0.4) is 0 Å². The largest absolute Gasteiger partial charge is 0.481 e. The van der Waals surface area contributed by atoms with Gasteiger partial charge in [0.25, 0.3) is 0 Å². The summed E-state index contributed by atoms with van der Waals surface area (Å²) in [5.74, 6) is -0.854. The van der Waals surface area contributed by atoms with Gasteiger partial charge < -0.3 is 5.11 Å². The number of nitrogens with zero attached hydrogens (tertiary/aromatic N) is 3. The van der Waals surface area contributed by atoms with E-state index in [0.29, 0.717) is 5.70 Å². The Kier molecular flexibility index (Phi) is 4.03. The smallest absolute Gasteiger partial charge is 0.307 e. The number of carboxylic acids is 1. The van der Waals surface area contributed by atoms with Gasteiger partial charge in [0, 0.05) is 0 Å². The van der Waals surface area contributed by atoms with Crippen LogP contribution in [0.4, 0.5) is 0 Å². The Labute approximate surface area is 87.0 Å². The molecule has 0 radical (unpaired) electrons. The van der Waals surface area contributed by atoms with Gasteiger partial charge in [-0.3, -0.25) is 4.79 Å². The standard InChI is InChI=1S/C10H11N3O2/c1-9(13-11-7-8-12-13)5-3-2-4-6-10(14)15/h2-5,7-8H,1,6H2,(H,14,15)/b4-2-,5-3-. The molecule has 5 nitrogen and oxygen atoms in total. The van der Waals surface area contributed by atoms with Crippen molar-refractivity contribution in [1.29, 1.82) is 0 Å². The van der Waals surface area contributed by atoms with Gasteiger partial charge >= 0.3 is 5.97 Å². The zero-order chi connectivity index (χ0) is 11.1. The Hall–Kier alpha value is -2.17. The van der Waals surface area contributed by atoms with Gasteiger partial charge in [0.15, 0.2) is 0 Å². The van der Waals surface area contributed by atoms with E-state index in [0.717, 1.165) is 0 Å². The summed E-state index contributed by atoms with van der Waals surface area (Å²) in [6, 6.07) is 0. The molecule has 1 N–H and O–H groups in total. The van der Waals surface area contributed by atoms with Crippen LogP contribution >= 0.6 is 0 Å². The molecule has 15 heavy (non-hydrogen) atoms. The molecule has 0 atom stereocenters. The zero-order valence-electron chi connectivity index (χ0n) is 8.08. The molecule has 0 aliphatic heterocycles. The van der Waals surface area contributed by atoms with Gasteiger partial charge in [-0.25, -0.2) is 0 Å². The van der Waals surface area contributed by atoms with Gasteiger partial charge in [0.05, 0.1) is 24.5 Å². The monoisotopic (exact) mass is 205 g/mol. The molecule has 1 aromatic heterocycles. The predicted octanol–water partition coefficient (Wildman–Crippen LogP) is 1.34. The molecule has 1 heterocycles. The highest BCUT2D eigenvalue weighted by molar-refractivity contribution is 5.68. The number of carbonyl (C=O) groups is 1. The Morgan fingerprint density at radius 1 is 1.40 bits per heavy atom. The number of hydrogen-bond acceptors (Lipinski definition) is 3. The maximum atomic E-state index is 10.2. The normalized spacial score (nSPS) is 11.2. The second kappa shape index (κ2) is 5.54. The second-order valence-electron chi connectivity index (χ2n) is 2.69. The summed E-state index contributed by atoms with van der Waals surface area (Å²) in [7, 11) is 0. The van der Waals surface area contributed by atoms with Gasteiger partial charge in [-0.05, 0) is 6.08 Å². The number of allylic oxidation sites excluding steroid dienone is 4. The summed E-state index contributed by atoms with van der Waals surface area (Å²) in [6.45, 7) is 3.73. The van der Waals surface area contributed by atoms with Crippen LogP contribution in [0.2, 0.25) is 0 Å². The first kappa shape index (κ1) is 10.9. The molecular weight excluding hydrogens is 194 g/mol. The predicted molar refractivity (Wildman–Crippen MR) is 55.9 cm³/mol. The van der Waals surface area contributed by atoms with Crippen LogP contribution in [0.1, 0.15) is 6.42 Å². The lowest BCUT2D eigenvalue weighted by Gasteiger charge is -1.94. The Bertz CT molecular complexity index is 391. The van der Waals surface area contributed by atoms with E-state index in [-0.39, 0.29) is 6.42 Å². The molecule has 0 aromatic carbocycles. The Morgan fingerprint density at radius 2 is 2.07 bits per heavy atom. The highest BCUT2D eigenvalue weighted by atomic mass is 16.4. The average Bonchev–Trinajstić information content (AvgIpc) is 2.69. The van der Waals surface area contributed by atoms with Crippen molar-refractivity contribution in [1.82, 2.24) is 15.0 Å². The van der Waals surface area contributed by atoms with Crippen molar-refractivity contribution < 1.29 is 9.90 Å². The van der Waals surface area contributed by atoms with Crippen LogP contribution in [-0.2, 0) is 4.79 Å². The molecular formula is C10H11N3O2. The molecule has 5 heteroatoms. The maximum absolute atomic E-state index is 10.2. The molecule has 78 valence electrons. The lowest BCUT2D eigenvalue weighted by atomic mass is 10.3. The van der Waals surface area contributed by atoms with Crippen LogP contribution < -0.4 is 0 Å². The van der Waals surface area contributed by atoms with E-state index >= 15 is 0 Å². The van der Waals surface area contributed by atoms with Gasteiger partial charge in [0.2, 0.25) is 0 Å². The third kappa shape index (κ3) is 4.04. The van der Waals surface area contributed by atoms with Crippen LogP contribution in [0.25, 0.3) is 5.70 Å². The fourth-order valence-electron chi connectivity index (χ4n) is 0.845. The van der Waals surface area contributed by atoms with Crippen molar-refractivity contribution in [3.8, 4) is 0 Å². The number of hydrogen-bond donors (Lipinski definition) is 1. The van der Waals surface area contributed by atoms with E-state index in [1.807, 2.05) is 0 Å². The minimum atomic E-state index is -0.854. The quantitative estimate of drug-likeness (QED) is 0.736. The highest BCUT2D eigenvalue weighted by Crippen LogP contribution is 1.98. The van der Waals surface area contributed by atoms with E-state index in [1.165, 1.54) is 4.80 Å². The SMILES string of the molecule is C=C(/C=C\C=C/CC(=O)O)n1nccn1. The summed E-state index contributed by atoms with van der Waals surface area (Å²) >= 11 is 0. The fourth-order valence-corrected chi connectivity index (χ4v) is 0.845. The number of carboxylic acid groups (broad SMARTS) is 1. The molecule has 0 unspecified atom stereocenters. The molecule has 0 aliphatic rings. The first-order valence-corrected chi connectivity index (χ1v) is 4.31. The van der Waals surface area contributed by atoms with Gasteiger partial charge in [-0.2, -0.15) is 15.0 Å². The molecule has 0 amide bonds. The number of aliphatic carboxylic acids is 1. The lowest BCUT2D eigenvalue weighted by Crippen LogP contribution is -1.96. The van der Waals surface area contributed by atoms with Crippen molar-refractivity contribution in [3.05, 3.63) is 43.3 Å². The van der Waals surface area contributed by atoms with Crippen molar-refractivity contribution in [2.24, 2.45) is 0 Å². The van der Waals surface area contributed by atoms with Crippen LogP contribution in [0.15, 0.2) is 43.3 Å². The molecule has 1 rings (SSSR count). The molecule has 0 saturated heterocycles. The van der Waals surface area contributed by atoms with Crippen LogP contribution in [0, 0.1) is 0 Å². The van der Waals surface area contributed by atoms with Crippen molar-refractivity contribution in [3.63, 3.8) is 0 Å². The average molecular weight is 205 g/mol. The fraction of sp³-hybridized carbons (Fsp3) is 0.100. The third-order valence-electron chi connectivity index (χ3n) is 1.50. The summed E-state index contributed by atoms with van der Waals surface area (Å²) in [5.41, 5.74) is 0.611. The highest BCUT2D eigenvalue weighted by Gasteiger charge is 1.91. The van der Waals surface area contributed by atoms with E-state index in [4.69, 9.17) is 5.11 Å². The number of aromatic nitrogens is 3. The summed E-state index contributed by atoms with van der Waals surface area (Å²) in [4.78, 5) is 11.5. The van der Waals surface area contributed by atoms with Crippen LogP contribution in [0.5, 0.6) is 0 Å². The third-order valence-corrected chi connectivity index (χ3v) is 1.50. The van der Waals surface area contributed by atoms with E-state index in [9.17, 15) is 4.79 Å². The van der Waals surface area contributed by atoms with Crippen molar-refractivity contribution in [2.45, 2.75) is 6.42 Å². The van der Waals surface area contributed by atoms with E-state index in [1.54, 1.807) is 36.7 Å². The molecule has 0 saturated carbocycles. The first-order chi connectivity index (χ1) is 7.20. The van der Waals surface area contributed by atoms with Gasteiger partial charge in [-0.15, -0.1) is 0 Å². The molecule has 0 fully saturated rings. The first-order valence-electron chi connectivity index (χ1n) is 4.31. The topological polar surface area (TPSA) is 68.0 Å². The second-order valence-corrected chi connectivity index (χ2v) is 2.69. The van der Waals surface area contributed by atoms with Crippen molar-refractivity contribution in [2.75, 3.05) is 0 Å². The maximum Gasteiger partial charge on any atom is 0.307 e. The Morgan fingerprint density at radius 3 is 2.67 bits per heavy atom. The minimum absolute atomic E-state index is 0.0108. The minimum Gasteiger partial charge on any atom is -0.481 e. The molecule has 1 aromatic rings. The molecule has 0 spiro atoms.